The molecule has 2 atom stereocenters. The SMILES string of the molecule is CCCNC(CN1CCCC(C(C)C)CC1)C1CCCC1. The number of likely N-dealkylation sites (tertiary alicyclic amines) is 1. The van der Waals surface area contributed by atoms with Gasteiger partial charge in [0.05, 0.1) is 0 Å². The third-order valence-corrected chi connectivity index (χ3v) is 5.89. The Morgan fingerprint density at radius 3 is 2.33 bits per heavy atom. The molecule has 0 radical (unpaired) electrons. The average molecular weight is 295 g/mol. The van der Waals surface area contributed by atoms with Gasteiger partial charge in [0.1, 0.15) is 0 Å². The fraction of sp³-hybridized carbons (Fsp3) is 1.00. The van der Waals surface area contributed by atoms with Crippen molar-refractivity contribution in [2.45, 2.75) is 78.2 Å². The molecule has 1 heterocycles. The van der Waals surface area contributed by atoms with Crippen molar-refractivity contribution in [2.75, 3.05) is 26.2 Å². The molecule has 2 heteroatoms. The molecule has 1 N–H and O–H groups in total. The van der Waals surface area contributed by atoms with E-state index in [0.29, 0.717) is 0 Å². The molecule has 1 saturated carbocycles. The van der Waals surface area contributed by atoms with Crippen molar-refractivity contribution in [1.82, 2.24) is 10.2 Å². The Labute approximate surface area is 133 Å². The standard InChI is InChI=1S/C19H38N2/c1-4-12-20-19(18-8-5-6-9-18)15-21-13-7-10-17(11-14-21)16(2)3/h16-20H,4-15H2,1-3H3. The molecule has 1 aliphatic carbocycles. The summed E-state index contributed by atoms with van der Waals surface area (Å²) in [4.78, 5) is 2.77. The third kappa shape index (κ3) is 5.56. The Balaban J connectivity index is 1.83. The number of hydrogen-bond donors (Lipinski definition) is 1. The van der Waals surface area contributed by atoms with Crippen molar-refractivity contribution >= 4 is 0 Å². The Morgan fingerprint density at radius 1 is 0.952 bits per heavy atom. The summed E-state index contributed by atoms with van der Waals surface area (Å²) in [5, 5.41) is 3.87. The topological polar surface area (TPSA) is 15.3 Å². The first-order valence-electron chi connectivity index (χ1n) is 9.66. The number of rotatable bonds is 7. The highest BCUT2D eigenvalue weighted by atomic mass is 15.2. The summed E-state index contributed by atoms with van der Waals surface area (Å²) in [7, 11) is 0. The van der Waals surface area contributed by atoms with E-state index in [4.69, 9.17) is 0 Å². The van der Waals surface area contributed by atoms with Gasteiger partial charge in [0.2, 0.25) is 0 Å². The van der Waals surface area contributed by atoms with E-state index in [2.05, 4.69) is 31.0 Å². The first-order chi connectivity index (χ1) is 10.2. The van der Waals surface area contributed by atoms with Crippen molar-refractivity contribution in [3.8, 4) is 0 Å². The monoisotopic (exact) mass is 294 g/mol. The van der Waals surface area contributed by atoms with Crippen LogP contribution in [-0.2, 0) is 0 Å². The van der Waals surface area contributed by atoms with Gasteiger partial charge in [-0.25, -0.2) is 0 Å². The lowest BCUT2D eigenvalue weighted by Gasteiger charge is -2.31. The van der Waals surface area contributed by atoms with Gasteiger partial charge in [0.25, 0.3) is 0 Å². The molecule has 124 valence electrons. The van der Waals surface area contributed by atoms with Gasteiger partial charge >= 0.3 is 0 Å². The predicted molar refractivity (Wildman–Crippen MR) is 92.7 cm³/mol. The minimum atomic E-state index is 0.753. The molecule has 0 aromatic carbocycles. The molecule has 0 aromatic heterocycles. The van der Waals surface area contributed by atoms with E-state index in [0.717, 1.165) is 23.8 Å². The van der Waals surface area contributed by atoms with Crippen LogP contribution < -0.4 is 5.32 Å². The summed E-state index contributed by atoms with van der Waals surface area (Å²) in [6.45, 7) is 12.3. The zero-order chi connectivity index (χ0) is 15.1. The minimum absolute atomic E-state index is 0.753. The van der Waals surface area contributed by atoms with Gasteiger partial charge in [-0.15, -0.1) is 0 Å². The molecule has 2 unspecified atom stereocenters. The van der Waals surface area contributed by atoms with E-state index >= 15 is 0 Å². The summed E-state index contributed by atoms with van der Waals surface area (Å²) in [6.07, 6.45) is 11.4. The fourth-order valence-corrected chi connectivity index (χ4v) is 4.38. The largest absolute Gasteiger partial charge is 0.312 e. The van der Waals surface area contributed by atoms with Crippen molar-refractivity contribution in [1.29, 1.82) is 0 Å². The highest BCUT2D eigenvalue weighted by Crippen LogP contribution is 2.29. The summed E-state index contributed by atoms with van der Waals surface area (Å²) >= 11 is 0. The van der Waals surface area contributed by atoms with E-state index in [9.17, 15) is 0 Å². The van der Waals surface area contributed by atoms with E-state index in [1.54, 1.807) is 0 Å². The lowest BCUT2D eigenvalue weighted by molar-refractivity contribution is 0.209. The summed E-state index contributed by atoms with van der Waals surface area (Å²) in [6, 6.07) is 0.753. The van der Waals surface area contributed by atoms with Crippen LogP contribution in [0, 0.1) is 17.8 Å². The number of nitrogens with zero attached hydrogens (tertiary/aromatic N) is 1. The smallest absolute Gasteiger partial charge is 0.0223 e. The Morgan fingerprint density at radius 2 is 1.67 bits per heavy atom. The van der Waals surface area contributed by atoms with Crippen LogP contribution in [0.15, 0.2) is 0 Å². The molecule has 0 aromatic rings. The molecule has 1 saturated heterocycles. The van der Waals surface area contributed by atoms with Crippen LogP contribution >= 0.6 is 0 Å². The number of nitrogens with one attached hydrogen (secondary N) is 1. The van der Waals surface area contributed by atoms with Crippen LogP contribution in [0.2, 0.25) is 0 Å². The lowest BCUT2D eigenvalue weighted by atomic mass is 9.89. The molecule has 2 rings (SSSR count). The first-order valence-corrected chi connectivity index (χ1v) is 9.66. The Hall–Kier alpha value is -0.0800. The normalized spacial score (nSPS) is 27.1. The van der Waals surface area contributed by atoms with Crippen molar-refractivity contribution in [3.05, 3.63) is 0 Å². The number of hydrogen-bond acceptors (Lipinski definition) is 2. The minimum Gasteiger partial charge on any atom is -0.312 e. The Kier molecular flexibility index (Phi) is 7.53. The van der Waals surface area contributed by atoms with E-state index < -0.39 is 0 Å². The van der Waals surface area contributed by atoms with Gasteiger partial charge in [-0.3, -0.25) is 0 Å². The van der Waals surface area contributed by atoms with Gasteiger partial charge in [-0.1, -0.05) is 33.6 Å². The van der Waals surface area contributed by atoms with Crippen LogP contribution in [0.5, 0.6) is 0 Å². The first kappa shape index (κ1) is 17.3. The van der Waals surface area contributed by atoms with Gasteiger partial charge in [-0.05, 0) is 75.9 Å². The van der Waals surface area contributed by atoms with Gasteiger partial charge in [0.15, 0.2) is 0 Å². The Bertz CT molecular complexity index is 271. The van der Waals surface area contributed by atoms with Gasteiger partial charge in [-0.2, -0.15) is 0 Å². The molecule has 2 nitrogen and oxygen atoms in total. The zero-order valence-corrected chi connectivity index (χ0v) is 14.7. The molecule has 0 amide bonds. The van der Waals surface area contributed by atoms with Crippen LogP contribution in [0.25, 0.3) is 0 Å². The highest BCUT2D eigenvalue weighted by molar-refractivity contribution is 4.84. The maximum atomic E-state index is 3.87. The molecule has 21 heavy (non-hydrogen) atoms. The van der Waals surface area contributed by atoms with Crippen LogP contribution in [0.4, 0.5) is 0 Å². The summed E-state index contributed by atoms with van der Waals surface area (Å²) < 4.78 is 0. The van der Waals surface area contributed by atoms with Crippen LogP contribution in [-0.4, -0.2) is 37.1 Å². The molecule has 2 aliphatic rings. The van der Waals surface area contributed by atoms with Gasteiger partial charge < -0.3 is 10.2 Å². The predicted octanol–water partition coefficient (Wildman–Crippen LogP) is 4.30. The van der Waals surface area contributed by atoms with E-state index in [-0.39, 0.29) is 0 Å². The molecule has 1 aliphatic heterocycles. The second kappa shape index (κ2) is 9.15. The lowest BCUT2D eigenvalue weighted by Crippen LogP contribution is -2.45. The van der Waals surface area contributed by atoms with Crippen LogP contribution in [0.3, 0.4) is 0 Å². The van der Waals surface area contributed by atoms with Crippen LogP contribution in [0.1, 0.15) is 72.1 Å². The maximum absolute atomic E-state index is 3.87. The average Bonchev–Trinajstić information content (AvgIpc) is 2.89. The second-order valence-corrected chi connectivity index (χ2v) is 7.84. The second-order valence-electron chi connectivity index (χ2n) is 7.84. The van der Waals surface area contributed by atoms with Crippen molar-refractivity contribution in [3.63, 3.8) is 0 Å². The molecular formula is C19H38N2. The molecular weight excluding hydrogens is 256 g/mol. The van der Waals surface area contributed by atoms with Crippen molar-refractivity contribution < 1.29 is 0 Å². The quantitative estimate of drug-likeness (QED) is 0.753. The van der Waals surface area contributed by atoms with E-state index in [1.807, 2.05) is 0 Å². The third-order valence-electron chi connectivity index (χ3n) is 5.89. The highest BCUT2D eigenvalue weighted by Gasteiger charge is 2.27. The molecule has 0 bridgehead atoms. The maximum Gasteiger partial charge on any atom is 0.0223 e. The zero-order valence-electron chi connectivity index (χ0n) is 14.7. The molecule has 0 spiro atoms. The summed E-state index contributed by atoms with van der Waals surface area (Å²) in [5.41, 5.74) is 0. The fourth-order valence-electron chi connectivity index (χ4n) is 4.38. The molecule has 2 fully saturated rings. The van der Waals surface area contributed by atoms with E-state index in [1.165, 1.54) is 77.5 Å². The summed E-state index contributed by atoms with van der Waals surface area (Å²) in [5.74, 6) is 2.78. The van der Waals surface area contributed by atoms with Crippen molar-refractivity contribution in [2.24, 2.45) is 17.8 Å². The van der Waals surface area contributed by atoms with Gasteiger partial charge in [0, 0.05) is 12.6 Å².